The normalized spacial score (nSPS) is 19.4. The predicted molar refractivity (Wildman–Crippen MR) is 80.3 cm³/mol. The molecule has 1 aliphatic rings. The number of likely N-dealkylation sites (tertiary alicyclic amines) is 1. The summed E-state index contributed by atoms with van der Waals surface area (Å²) in [7, 11) is 0. The number of carbonyl (C=O) groups is 2. The second kappa shape index (κ2) is 7.64. The van der Waals surface area contributed by atoms with Gasteiger partial charge in [0.05, 0.1) is 6.10 Å². The number of carboxylic acid groups (broad SMARTS) is 1. The Hall–Kier alpha value is -1.30. The molecule has 1 atom stereocenters. The molecule has 6 nitrogen and oxygen atoms in total. The molecule has 2 amide bonds. The number of nitrogens with zero attached hydrogens (tertiary/aromatic N) is 2. The van der Waals surface area contributed by atoms with Crippen LogP contribution >= 0.6 is 0 Å². The van der Waals surface area contributed by atoms with Crippen LogP contribution in [0.4, 0.5) is 4.79 Å². The lowest BCUT2D eigenvalue weighted by molar-refractivity contribution is -0.147. The maximum Gasteiger partial charge on any atom is 0.329 e. The average molecular weight is 300 g/mol. The van der Waals surface area contributed by atoms with Crippen molar-refractivity contribution in [3.8, 4) is 0 Å². The quantitative estimate of drug-likeness (QED) is 0.816. The fourth-order valence-corrected chi connectivity index (χ4v) is 2.59. The molecular weight excluding hydrogens is 272 g/mol. The van der Waals surface area contributed by atoms with E-state index in [4.69, 9.17) is 4.74 Å². The van der Waals surface area contributed by atoms with Crippen LogP contribution in [0.1, 0.15) is 47.0 Å². The minimum Gasteiger partial charge on any atom is -0.480 e. The zero-order valence-corrected chi connectivity index (χ0v) is 13.6. The fourth-order valence-electron chi connectivity index (χ4n) is 2.59. The van der Waals surface area contributed by atoms with Crippen molar-refractivity contribution in [2.75, 3.05) is 26.2 Å². The van der Waals surface area contributed by atoms with Gasteiger partial charge in [0, 0.05) is 26.2 Å². The summed E-state index contributed by atoms with van der Waals surface area (Å²) in [4.78, 5) is 27.1. The highest BCUT2D eigenvalue weighted by Crippen LogP contribution is 2.20. The van der Waals surface area contributed by atoms with E-state index in [-0.39, 0.29) is 12.1 Å². The molecule has 0 aromatic heterocycles. The van der Waals surface area contributed by atoms with Crippen LogP contribution in [0.5, 0.6) is 0 Å². The number of amides is 2. The van der Waals surface area contributed by atoms with Gasteiger partial charge in [0.15, 0.2) is 0 Å². The van der Waals surface area contributed by atoms with E-state index >= 15 is 0 Å². The molecule has 1 heterocycles. The van der Waals surface area contributed by atoms with Crippen molar-refractivity contribution >= 4 is 12.0 Å². The summed E-state index contributed by atoms with van der Waals surface area (Å²) in [6.45, 7) is 9.26. The summed E-state index contributed by atoms with van der Waals surface area (Å²) in [5, 5.41) is 9.32. The largest absolute Gasteiger partial charge is 0.480 e. The highest BCUT2D eigenvalue weighted by atomic mass is 16.5. The number of urea groups is 1. The Morgan fingerprint density at radius 2 is 2.05 bits per heavy atom. The van der Waals surface area contributed by atoms with Crippen molar-refractivity contribution in [1.29, 1.82) is 0 Å². The van der Waals surface area contributed by atoms with E-state index in [9.17, 15) is 14.7 Å². The molecule has 1 N–H and O–H groups in total. The van der Waals surface area contributed by atoms with Gasteiger partial charge in [-0.2, -0.15) is 0 Å². The lowest BCUT2D eigenvalue weighted by atomic mass is 10.0. The van der Waals surface area contributed by atoms with Crippen LogP contribution in [-0.4, -0.2) is 64.8 Å². The van der Waals surface area contributed by atoms with Gasteiger partial charge >= 0.3 is 12.0 Å². The number of hydrogen-bond acceptors (Lipinski definition) is 3. The van der Waals surface area contributed by atoms with Gasteiger partial charge < -0.3 is 19.6 Å². The molecule has 0 saturated carbocycles. The van der Waals surface area contributed by atoms with Crippen molar-refractivity contribution in [3.05, 3.63) is 0 Å². The maximum atomic E-state index is 12.6. The van der Waals surface area contributed by atoms with Gasteiger partial charge in [-0.1, -0.05) is 6.92 Å². The van der Waals surface area contributed by atoms with Gasteiger partial charge in [-0.15, -0.1) is 0 Å². The number of hydrogen-bond donors (Lipinski definition) is 1. The molecule has 122 valence electrons. The lowest BCUT2D eigenvalue weighted by Crippen LogP contribution is -2.58. The number of aliphatic carboxylic acids is 1. The first-order valence-electron chi connectivity index (χ1n) is 7.76. The topological polar surface area (TPSA) is 70.1 Å². The molecule has 0 spiro atoms. The Labute approximate surface area is 127 Å². The first kappa shape index (κ1) is 17.8. The lowest BCUT2D eigenvalue weighted by Gasteiger charge is -2.40. The minimum absolute atomic E-state index is 0.0642. The molecule has 1 saturated heterocycles. The molecule has 1 unspecified atom stereocenters. The van der Waals surface area contributed by atoms with Crippen LogP contribution in [-0.2, 0) is 9.53 Å². The van der Waals surface area contributed by atoms with Gasteiger partial charge in [-0.3, -0.25) is 0 Å². The fraction of sp³-hybridized carbons (Fsp3) is 0.867. The number of piperidine rings is 1. The zero-order valence-electron chi connectivity index (χ0n) is 13.6. The molecule has 0 aliphatic carbocycles. The molecule has 0 bridgehead atoms. The molecule has 0 aromatic rings. The molecular formula is C15H28N2O4. The molecule has 0 radical (unpaired) electrons. The Bertz CT molecular complexity index is 371. The van der Waals surface area contributed by atoms with Crippen molar-refractivity contribution in [2.45, 2.75) is 58.6 Å². The average Bonchev–Trinajstić information content (AvgIpc) is 2.45. The standard InChI is InChI=1S/C15H28N2O4/c1-5-10-21-12-8-7-9-16(11-12)14(20)17(6-2)15(3,4)13(18)19/h12H,5-11H2,1-4H3,(H,18,19). The SMILES string of the molecule is CCCOC1CCCN(C(=O)N(CC)C(C)(C)C(=O)O)C1. The Morgan fingerprint density at radius 3 is 2.57 bits per heavy atom. The third-order valence-electron chi connectivity index (χ3n) is 3.95. The monoisotopic (exact) mass is 300 g/mol. The first-order valence-corrected chi connectivity index (χ1v) is 7.76. The number of likely N-dealkylation sites (N-methyl/N-ethyl adjacent to an activating group) is 1. The molecule has 1 fully saturated rings. The Morgan fingerprint density at radius 1 is 1.38 bits per heavy atom. The third kappa shape index (κ3) is 4.33. The van der Waals surface area contributed by atoms with Crippen LogP contribution in [0.2, 0.25) is 0 Å². The summed E-state index contributed by atoms with van der Waals surface area (Å²) in [6.07, 6.45) is 2.87. The number of rotatable bonds is 6. The second-order valence-corrected chi connectivity index (χ2v) is 5.97. The molecule has 0 aromatic carbocycles. The maximum absolute atomic E-state index is 12.6. The zero-order chi connectivity index (χ0) is 16.0. The van der Waals surface area contributed by atoms with Crippen LogP contribution in [0.3, 0.4) is 0 Å². The van der Waals surface area contributed by atoms with Gasteiger partial charge in [0.2, 0.25) is 0 Å². The van der Waals surface area contributed by atoms with Crippen LogP contribution in [0, 0.1) is 0 Å². The van der Waals surface area contributed by atoms with E-state index in [1.54, 1.807) is 25.7 Å². The van der Waals surface area contributed by atoms with E-state index in [0.29, 0.717) is 26.2 Å². The van der Waals surface area contributed by atoms with Crippen molar-refractivity contribution < 1.29 is 19.4 Å². The van der Waals surface area contributed by atoms with Gasteiger partial charge in [0.1, 0.15) is 5.54 Å². The molecule has 6 heteroatoms. The number of carboxylic acids is 1. The van der Waals surface area contributed by atoms with Gasteiger partial charge in [-0.05, 0) is 40.0 Å². The Kier molecular flexibility index (Phi) is 6.45. The van der Waals surface area contributed by atoms with E-state index < -0.39 is 11.5 Å². The third-order valence-corrected chi connectivity index (χ3v) is 3.95. The smallest absolute Gasteiger partial charge is 0.329 e. The molecule has 1 aliphatic heterocycles. The Balaban J connectivity index is 2.73. The van der Waals surface area contributed by atoms with Crippen LogP contribution in [0.15, 0.2) is 0 Å². The summed E-state index contributed by atoms with van der Waals surface area (Å²) >= 11 is 0. The summed E-state index contributed by atoms with van der Waals surface area (Å²) < 4.78 is 5.73. The highest BCUT2D eigenvalue weighted by Gasteiger charge is 2.39. The van der Waals surface area contributed by atoms with Crippen LogP contribution < -0.4 is 0 Å². The van der Waals surface area contributed by atoms with Gasteiger partial charge in [-0.25, -0.2) is 9.59 Å². The van der Waals surface area contributed by atoms with Crippen molar-refractivity contribution in [3.63, 3.8) is 0 Å². The molecule has 21 heavy (non-hydrogen) atoms. The second-order valence-electron chi connectivity index (χ2n) is 5.97. The number of carbonyl (C=O) groups excluding carboxylic acids is 1. The molecule has 1 rings (SSSR count). The van der Waals surface area contributed by atoms with E-state index in [1.807, 2.05) is 0 Å². The predicted octanol–water partition coefficient (Wildman–Crippen LogP) is 2.18. The van der Waals surface area contributed by atoms with E-state index in [2.05, 4.69) is 6.92 Å². The number of ether oxygens (including phenoxy) is 1. The minimum atomic E-state index is -1.21. The summed E-state index contributed by atoms with van der Waals surface area (Å²) in [5.74, 6) is -0.992. The highest BCUT2D eigenvalue weighted by molar-refractivity contribution is 5.85. The summed E-state index contributed by atoms with van der Waals surface area (Å²) in [6, 6.07) is -0.213. The van der Waals surface area contributed by atoms with Crippen molar-refractivity contribution in [2.24, 2.45) is 0 Å². The summed E-state index contributed by atoms with van der Waals surface area (Å²) in [5.41, 5.74) is -1.21. The first-order chi connectivity index (χ1) is 9.84. The van der Waals surface area contributed by atoms with Crippen molar-refractivity contribution in [1.82, 2.24) is 9.80 Å². The van der Waals surface area contributed by atoms with Crippen LogP contribution in [0.25, 0.3) is 0 Å². The van der Waals surface area contributed by atoms with E-state index in [0.717, 1.165) is 19.3 Å². The van der Waals surface area contributed by atoms with Gasteiger partial charge in [0.25, 0.3) is 0 Å². The van der Waals surface area contributed by atoms with E-state index in [1.165, 1.54) is 4.90 Å².